The van der Waals surface area contributed by atoms with Gasteiger partial charge in [0.15, 0.2) is 17.2 Å². The third kappa shape index (κ3) is 6.58. The Kier molecular flexibility index (Phi) is 8.74. The molecule has 1 aliphatic heterocycles. The summed E-state index contributed by atoms with van der Waals surface area (Å²) >= 11 is 1.61. The quantitative estimate of drug-likeness (QED) is 0.314. The van der Waals surface area contributed by atoms with E-state index in [4.69, 9.17) is 4.74 Å². The van der Waals surface area contributed by atoms with Crippen LogP contribution in [0.15, 0.2) is 41.3 Å². The van der Waals surface area contributed by atoms with E-state index >= 15 is 0 Å². The second kappa shape index (κ2) is 11.1. The van der Waals surface area contributed by atoms with Gasteiger partial charge in [-0.05, 0) is 88.5 Å². The average molecular weight is 532 g/mol. The third-order valence-electron chi connectivity index (χ3n) is 7.12. The average Bonchev–Trinajstić information content (AvgIpc) is 3.24. The van der Waals surface area contributed by atoms with Gasteiger partial charge in [0, 0.05) is 29.5 Å². The predicted octanol–water partition coefficient (Wildman–Crippen LogP) is 5.09. The number of carbonyl (C=O) groups excluding carboxylic acids is 2. The first-order chi connectivity index (χ1) is 16.7. The van der Waals surface area contributed by atoms with E-state index in [1.165, 1.54) is 17.5 Å². The molecule has 6 nitrogen and oxygen atoms in total. The van der Waals surface area contributed by atoms with Gasteiger partial charge in [0.05, 0.1) is 6.26 Å². The highest BCUT2D eigenvalue weighted by Crippen LogP contribution is 2.34. The molecule has 0 N–H and O–H groups in total. The van der Waals surface area contributed by atoms with Crippen LogP contribution in [0.25, 0.3) is 0 Å². The van der Waals surface area contributed by atoms with Crippen molar-refractivity contribution in [2.75, 3.05) is 25.6 Å². The molecule has 2 aromatic rings. The summed E-state index contributed by atoms with van der Waals surface area (Å²) in [4.78, 5) is 26.4. The molecule has 3 rings (SSSR count). The van der Waals surface area contributed by atoms with Gasteiger partial charge in [-0.1, -0.05) is 24.3 Å². The molecule has 0 aromatic heterocycles. The molecule has 196 valence electrons. The summed E-state index contributed by atoms with van der Waals surface area (Å²) in [6.45, 7) is 9.56. The smallest absolute Gasteiger partial charge is 0.211 e. The molecular formula is C28H37NO5S2. The number of sulfonamides is 1. The Morgan fingerprint density at radius 1 is 1.08 bits per heavy atom. The van der Waals surface area contributed by atoms with Gasteiger partial charge in [-0.25, -0.2) is 12.7 Å². The van der Waals surface area contributed by atoms with Crippen LogP contribution in [0.2, 0.25) is 0 Å². The molecule has 0 aliphatic carbocycles. The van der Waals surface area contributed by atoms with Crippen molar-refractivity contribution in [2.45, 2.75) is 58.0 Å². The van der Waals surface area contributed by atoms with Gasteiger partial charge >= 0.3 is 0 Å². The number of benzene rings is 2. The van der Waals surface area contributed by atoms with Gasteiger partial charge in [0.1, 0.15) is 5.75 Å². The normalized spacial score (nSPS) is 18.9. The molecular weight excluding hydrogens is 494 g/mol. The monoisotopic (exact) mass is 531 g/mol. The van der Waals surface area contributed by atoms with E-state index < -0.39 is 15.6 Å². The number of nitrogens with zero attached hydrogens (tertiary/aromatic N) is 1. The van der Waals surface area contributed by atoms with E-state index in [1.807, 2.05) is 44.4 Å². The fraction of sp³-hybridized carbons (Fsp3) is 0.500. The maximum atomic E-state index is 13.4. The summed E-state index contributed by atoms with van der Waals surface area (Å²) in [5.74, 6) is 0.230. The summed E-state index contributed by atoms with van der Waals surface area (Å²) in [5.41, 5.74) is 2.72. The number of Topliss-reactive ketones (excluding diaryl/α,β-unsaturated/α-hetero) is 2. The van der Waals surface area contributed by atoms with Crippen molar-refractivity contribution in [1.82, 2.24) is 4.31 Å². The van der Waals surface area contributed by atoms with E-state index in [0.29, 0.717) is 24.3 Å². The van der Waals surface area contributed by atoms with Crippen molar-refractivity contribution in [3.05, 3.63) is 58.7 Å². The fourth-order valence-electron chi connectivity index (χ4n) is 4.69. The van der Waals surface area contributed by atoms with Gasteiger partial charge in [-0.2, -0.15) is 0 Å². The summed E-state index contributed by atoms with van der Waals surface area (Å²) in [5, 5.41) is 0. The van der Waals surface area contributed by atoms with E-state index in [1.54, 1.807) is 25.6 Å². The number of thioether (sulfide) groups is 1. The Hall–Kier alpha value is -2.16. The third-order valence-corrected chi connectivity index (χ3v) is 9.10. The van der Waals surface area contributed by atoms with Crippen molar-refractivity contribution >= 4 is 33.4 Å². The molecule has 2 aromatic carbocycles. The van der Waals surface area contributed by atoms with Crippen molar-refractivity contribution < 1.29 is 22.7 Å². The Balaban J connectivity index is 1.79. The first kappa shape index (κ1) is 28.4. The molecule has 0 radical (unpaired) electrons. The van der Waals surface area contributed by atoms with Crippen LogP contribution in [0.4, 0.5) is 0 Å². The molecule has 0 amide bonds. The highest BCUT2D eigenvalue weighted by molar-refractivity contribution is 7.98. The minimum absolute atomic E-state index is 0.00127. The lowest BCUT2D eigenvalue weighted by molar-refractivity contribution is -0.129. The van der Waals surface area contributed by atoms with Crippen LogP contribution in [0.5, 0.6) is 5.75 Å². The van der Waals surface area contributed by atoms with Crippen LogP contribution in [-0.4, -0.2) is 55.5 Å². The molecule has 1 aliphatic rings. The van der Waals surface area contributed by atoms with Crippen molar-refractivity contribution in [1.29, 1.82) is 0 Å². The van der Waals surface area contributed by atoms with Gasteiger partial charge in [-0.3, -0.25) is 9.59 Å². The highest BCUT2D eigenvalue weighted by atomic mass is 32.2. The number of ketones is 2. The molecule has 1 fully saturated rings. The van der Waals surface area contributed by atoms with Crippen LogP contribution >= 0.6 is 11.8 Å². The number of aryl methyl sites for hydroxylation is 3. The molecule has 1 heterocycles. The molecule has 36 heavy (non-hydrogen) atoms. The second-order valence-electron chi connectivity index (χ2n) is 10.3. The zero-order valence-corrected chi connectivity index (χ0v) is 23.9. The minimum atomic E-state index is -3.39. The van der Waals surface area contributed by atoms with Crippen LogP contribution in [0.3, 0.4) is 0 Å². The van der Waals surface area contributed by atoms with Gasteiger partial charge in [0.2, 0.25) is 10.0 Å². The Labute approximate surface area is 219 Å². The van der Waals surface area contributed by atoms with Crippen molar-refractivity contribution in [3.63, 3.8) is 0 Å². The van der Waals surface area contributed by atoms with Crippen LogP contribution < -0.4 is 4.74 Å². The largest absolute Gasteiger partial charge is 0.480 e. The summed E-state index contributed by atoms with van der Waals surface area (Å²) < 4.78 is 32.1. The highest BCUT2D eigenvalue weighted by Gasteiger charge is 2.40. The van der Waals surface area contributed by atoms with Crippen LogP contribution in [0, 0.1) is 25.7 Å². The fourth-order valence-corrected chi connectivity index (χ4v) is 5.99. The molecule has 1 saturated heterocycles. The lowest BCUT2D eigenvalue weighted by atomic mass is 9.84. The lowest BCUT2D eigenvalue weighted by Gasteiger charge is -2.26. The number of hydrogen-bond acceptors (Lipinski definition) is 6. The van der Waals surface area contributed by atoms with Crippen LogP contribution in [-0.2, 0) is 21.2 Å². The summed E-state index contributed by atoms with van der Waals surface area (Å²) in [7, 11) is -3.39. The molecule has 0 bridgehead atoms. The zero-order chi connectivity index (χ0) is 26.8. The number of rotatable bonds is 10. The Morgan fingerprint density at radius 3 is 2.17 bits per heavy atom. The molecule has 0 saturated carbocycles. The van der Waals surface area contributed by atoms with Gasteiger partial charge < -0.3 is 4.74 Å². The standard InChI is InChI=1S/C28H37NO5S2/c1-18-14-21(15-19(2)27(18)34-28(4,5)20(3)30)8-9-23-16-29(36(7,32)33)17-25(23)26(31)22-10-12-24(35-6)13-11-22/h10-15,23,25H,8-9,16-17H2,1-7H3. The minimum Gasteiger partial charge on any atom is -0.480 e. The number of hydrogen-bond donors (Lipinski definition) is 0. The SMILES string of the molecule is CSc1ccc(C(=O)C2CN(S(C)(=O)=O)CC2CCc2cc(C)c(OC(C)(C)C(C)=O)c(C)c2)cc1. The van der Waals surface area contributed by atoms with Crippen LogP contribution in [0.1, 0.15) is 54.2 Å². The summed E-state index contributed by atoms with van der Waals surface area (Å²) in [6.07, 6.45) is 4.61. The van der Waals surface area contributed by atoms with Gasteiger partial charge in [-0.15, -0.1) is 11.8 Å². The zero-order valence-electron chi connectivity index (χ0n) is 22.3. The van der Waals surface area contributed by atoms with E-state index in [2.05, 4.69) is 12.1 Å². The number of carbonyl (C=O) groups is 2. The topological polar surface area (TPSA) is 80.8 Å². The first-order valence-electron chi connectivity index (χ1n) is 12.2. The number of ether oxygens (including phenoxy) is 1. The van der Waals surface area contributed by atoms with E-state index in [-0.39, 0.29) is 29.9 Å². The first-order valence-corrected chi connectivity index (χ1v) is 15.2. The van der Waals surface area contributed by atoms with Gasteiger partial charge in [0.25, 0.3) is 0 Å². The molecule has 0 spiro atoms. The lowest BCUT2D eigenvalue weighted by Crippen LogP contribution is -2.36. The molecule has 8 heteroatoms. The summed E-state index contributed by atoms with van der Waals surface area (Å²) in [6, 6.07) is 11.6. The molecule has 2 unspecified atom stereocenters. The second-order valence-corrected chi connectivity index (χ2v) is 13.2. The van der Waals surface area contributed by atoms with Crippen molar-refractivity contribution in [3.8, 4) is 5.75 Å². The molecule has 2 atom stereocenters. The Morgan fingerprint density at radius 2 is 1.67 bits per heavy atom. The van der Waals surface area contributed by atoms with E-state index in [0.717, 1.165) is 28.0 Å². The van der Waals surface area contributed by atoms with E-state index in [9.17, 15) is 18.0 Å². The maximum absolute atomic E-state index is 13.4. The predicted molar refractivity (Wildman–Crippen MR) is 146 cm³/mol. The Bertz CT molecular complexity index is 1210. The maximum Gasteiger partial charge on any atom is 0.211 e. The van der Waals surface area contributed by atoms with Crippen molar-refractivity contribution in [2.24, 2.45) is 11.8 Å².